The Morgan fingerprint density at radius 3 is 2.56 bits per heavy atom. The molecule has 202 valence electrons. The highest BCUT2D eigenvalue weighted by Crippen LogP contribution is 2.34. The maximum Gasteiger partial charge on any atom is 0.248 e. The first-order chi connectivity index (χ1) is 18.9. The molecule has 3 heterocycles. The summed E-state index contributed by atoms with van der Waals surface area (Å²) in [5.74, 6) is 0.981. The van der Waals surface area contributed by atoms with Gasteiger partial charge in [0.25, 0.3) is 0 Å². The maximum absolute atomic E-state index is 13.7. The number of imidazole rings is 1. The number of methoxy groups -OCH3 is 2. The van der Waals surface area contributed by atoms with Gasteiger partial charge in [-0.05, 0) is 49.6 Å². The molecule has 2 aromatic carbocycles. The lowest BCUT2D eigenvalue weighted by Gasteiger charge is -2.27. The molecule has 0 spiro atoms. The second kappa shape index (κ2) is 11.3. The monoisotopic (exact) mass is 548 g/mol. The summed E-state index contributed by atoms with van der Waals surface area (Å²) in [6.45, 7) is 2.31. The van der Waals surface area contributed by atoms with Crippen molar-refractivity contribution in [2.45, 2.75) is 31.7 Å². The Kier molecular flexibility index (Phi) is 7.65. The van der Waals surface area contributed by atoms with Crippen LogP contribution in [-0.4, -0.2) is 53.5 Å². The predicted molar refractivity (Wildman–Crippen MR) is 149 cm³/mol. The maximum atomic E-state index is 13.7. The molecule has 4 aromatic rings. The minimum absolute atomic E-state index is 0.139. The molecule has 1 fully saturated rings. The van der Waals surface area contributed by atoms with Crippen LogP contribution < -0.4 is 14.8 Å². The van der Waals surface area contributed by atoms with E-state index in [0.29, 0.717) is 53.1 Å². The zero-order chi connectivity index (χ0) is 27.5. The molecule has 2 atom stereocenters. The number of rotatable bonds is 8. The number of hydrogen-bond donors (Lipinski definition) is 2. The van der Waals surface area contributed by atoms with E-state index >= 15 is 0 Å². The van der Waals surface area contributed by atoms with E-state index in [2.05, 4.69) is 15.3 Å². The Morgan fingerprint density at radius 2 is 1.87 bits per heavy atom. The third kappa shape index (κ3) is 5.37. The van der Waals surface area contributed by atoms with Crippen molar-refractivity contribution in [3.63, 3.8) is 0 Å². The van der Waals surface area contributed by atoms with E-state index in [-0.39, 0.29) is 16.9 Å². The normalized spacial score (nSPS) is 15.7. The van der Waals surface area contributed by atoms with Gasteiger partial charge in [0, 0.05) is 12.1 Å². The number of aromatic nitrogens is 2. The Labute approximate surface area is 229 Å². The first-order valence-electron chi connectivity index (χ1n) is 12.6. The molecule has 0 bridgehead atoms. The number of amides is 2. The summed E-state index contributed by atoms with van der Waals surface area (Å²) in [6, 6.07) is 17.3. The lowest BCUT2D eigenvalue weighted by atomic mass is 9.98. The minimum Gasteiger partial charge on any atom is -0.493 e. The van der Waals surface area contributed by atoms with Crippen LogP contribution in [0.2, 0.25) is 0 Å². The summed E-state index contributed by atoms with van der Waals surface area (Å²) >= 11 is 0.970. The third-order valence-corrected chi connectivity index (χ3v) is 7.81. The number of ether oxygens (including phenoxy) is 2. The summed E-state index contributed by atoms with van der Waals surface area (Å²) in [4.78, 5) is 37.2. The van der Waals surface area contributed by atoms with E-state index < -0.39 is 12.0 Å². The summed E-state index contributed by atoms with van der Waals surface area (Å²) in [5, 5.41) is 2.62. The summed E-state index contributed by atoms with van der Waals surface area (Å²) in [5.41, 5.74) is 2.21. The molecule has 1 aliphatic heterocycles. The van der Waals surface area contributed by atoms with Crippen LogP contribution in [0.1, 0.15) is 31.2 Å². The summed E-state index contributed by atoms with van der Waals surface area (Å²) < 4.78 is 24.4. The van der Waals surface area contributed by atoms with Gasteiger partial charge in [0.1, 0.15) is 6.04 Å². The molecule has 0 radical (unpaired) electrons. The van der Waals surface area contributed by atoms with E-state index in [1.807, 2.05) is 43.3 Å². The van der Waals surface area contributed by atoms with Gasteiger partial charge < -0.3 is 24.7 Å². The second-order valence-corrected chi connectivity index (χ2v) is 10.3. The molecule has 1 saturated heterocycles. The number of nitrogens with one attached hydrogen (secondary N) is 2. The molecule has 8 nitrogen and oxygen atoms in total. The van der Waals surface area contributed by atoms with Crippen molar-refractivity contribution in [1.29, 1.82) is 0 Å². The Hall–Kier alpha value is -4.18. The first kappa shape index (κ1) is 26.4. The number of aromatic amines is 1. The van der Waals surface area contributed by atoms with Crippen molar-refractivity contribution in [2.75, 3.05) is 26.1 Å². The number of carbonyl (C=O) groups is 2. The van der Waals surface area contributed by atoms with E-state index in [0.717, 1.165) is 22.5 Å². The predicted octanol–water partition coefficient (Wildman–Crippen LogP) is 5.69. The highest BCUT2D eigenvalue weighted by molar-refractivity contribution is 7.13. The fourth-order valence-corrected chi connectivity index (χ4v) is 5.53. The van der Waals surface area contributed by atoms with E-state index in [1.165, 1.54) is 6.07 Å². The summed E-state index contributed by atoms with van der Waals surface area (Å²) in [7, 11) is 3.11. The Bertz CT molecular complexity index is 1490. The van der Waals surface area contributed by atoms with Crippen molar-refractivity contribution in [3.05, 3.63) is 71.4 Å². The number of carbonyl (C=O) groups excluding carboxylic acids is 2. The molecule has 5 rings (SSSR count). The van der Waals surface area contributed by atoms with Crippen molar-refractivity contribution >= 4 is 29.0 Å². The van der Waals surface area contributed by atoms with Crippen molar-refractivity contribution in [1.82, 2.24) is 14.9 Å². The highest BCUT2D eigenvalue weighted by Gasteiger charge is 2.37. The number of anilines is 1. The lowest BCUT2D eigenvalue weighted by Crippen LogP contribution is -2.44. The molecule has 1 unspecified atom stereocenters. The fraction of sp³-hybridized carbons (Fsp3) is 0.276. The molecule has 0 aliphatic carbocycles. The van der Waals surface area contributed by atoms with Gasteiger partial charge in [0.05, 0.1) is 30.7 Å². The zero-order valence-corrected chi connectivity index (χ0v) is 22.7. The van der Waals surface area contributed by atoms with Gasteiger partial charge in [-0.2, -0.15) is 4.39 Å². The molecular formula is C29H29FN4O4S. The van der Waals surface area contributed by atoms with Crippen molar-refractivity contribution in [3.8, 4) is 33.5 Å². The molecule has 39 heavy (non-hydrogen) atoms. The Balaban J connectivity index is 1.38. The number of H-pyrrole nitrogens is 1. The van der Waals surface area contributed by atoms with Crippen LogP contribution in [0.3, 0.4) is 0 Å². The molecule has 2 N–H and O–H groups in total. The van der Waals surface area contributed by atoms with Gasteiger partial charge in [-0.15, -0.1) is 11.3 Å². The van der Waals surface area contributed by atoms with Gasteiger partial charge >= 0.3 is 0 Å². The van der Waals surface area contributed by atoms with Gasteiger partial charge in [-0.25, -0.2) is 4.98 Å². The highest BCUT2D eigenvalue weighted by atomic mass is 32.1. The average molecular weight is 549 g/mol. The fourth-order valence-electron chi connectivity index (χ4n) is 4.85. The quantitative estimate of drug-likeness (QED) is 0.295. The number of likely N-dealkylation sites (tertiary alicyclic amines) is 1. The van der Waals surface area contributed by atoms with Crippen LogP contribution in [-0.2, 0) is 9.59 Å². The molecule has 1 aliphatic rings. The van der Waals surface area contributed by atoms with Crippen LogP contribution >= 0.6 is 11.3 Å². The van der Waals surface area contributed by atoms with Gasteiger partial charge in [-0.1, -0.05) is 36.4 Å². The Morgan fingerprint density at radius 1 is 1.10 bits per heavy atom. The van der Waals surface area contributed by atoms with Crippen LogP contribution in [0.5, 0.6) is 11.5 Å². The number of hydrogen-bond acceptors (Lipinski definition) is 6. The first-order valence-corrected chi connectivity index (χ1v) is 13.5. The van der Waals surface area contributed by atoms with Crippen LogP contribution in [0, 0.1) is 5.13 Å². The lowest BCUT2D eigenvalue weighted by molar-refractivity contribution is -0.137. The molecule has 0 saturated carbocycles. The molecule has 2 amide bonds. The SMILES string of the molecule is COc1ccc(C(C)C(=O)N2CCC[C@@H]2C(=O)Nc2nc(-c3ccc(F)s3)[nH]c2-c2ccccc2)cc1OC. The molecular weight excluding hydrogens is 519 g/mol. The summed E-state index contributed by atoms with van der Waals surface area (Å²) in [6.07, 6.45) is 1.26. The number of thiophene rings is 1. The van der Waals surface area contributed by atoms with Gasteiger partial charge in [-0.3, -0.25) is 9.59 Å². The third-order valence-electron chi connectivity index (χ3n) is 6.93. The molecule has 10 heteroatoms. The minimum atomic E-state index is -0.636. The van der Waals surface area contributed by atoms with E-state index in [9.17, 15) is 14.0 Å². The second-order valence-electron chi connectivity index (χ2n) is 9.29. The topological polar surface area (TPSA) is 96.5 Å². The number of halogens is 1. The van der Waals surface area contributed by atoms with Crippen LogP contribution in [0.15, 0.2) is 60.7 Å². The van der Waals surface area contributed by atoms with Crippen molar-refractivity contribution in [2.24, 2.45) is 0 Å². The number of nitrogens with zero attached hydrogens (tertiary/aromatic N) is 2. The number of benzene rings is 2. The van der Waals surface area contributed by atoms with Crippen LogP contribution in [0.25, 0.3) is 22.0 Å². The smallest absolute Gasteiger partial charge is 0.248 e. The van der Waals surface area contributed by atoms with E-state index in [1.54, 1.807) is 37.3 Å². The zero-order valence-electron chi connectivity index (χ0n) is 21.9. The molecule has 2 aromatic heterocycles. The van der Waals surface area contributed by atoms with E-state index in [4.69, 9.17) is 9.47 Å². The largest absolute Gasteiger partial charge is 0.493 e. The standard InChI is InChI=1S/C29H29FN4O4S/c1-17(19-11-12-21(37-2)22(16-19)38-3)29(36)34-15-7-10-20(34)28(35)33-27-25(18-8-5-4-6-9-18)31-26(32-27)23-13-14-24(30)39-23/h4-6,8-9,11-14,16-17,20H,7,10,15H2,1-3H3,(H,31,32)(H,33,35)/t17?,20-/m1/s1. The van der Waals surface area contributed by atoms with Gasteiger partial charge in [0.15, 0.2) is 28.3 Å². The average Bonchev–Trinajstić information content (AvgIpc) is 3.72. The van der Waals surface area contributed by atoms with Gasteiger partial charge in [0.2, 0.25) is 11.8 Å². The van der Waals surface area contributed by atoms with Crippen LogP contribution in [0.4, 0.5) is 10.2 Å². The van der Waals surface area contributed by atoms with Crippen molar-refractivity contribution < 1.29 is 23.5 Å².